The van der Waals surface area contributed by atoms with E-state index in [9.17, 15) is 4.79 Å². The highest BCUT2D eigenvalue weighted by molar-refractivity contribution is 5.93. The van der Waals surface area contributed by atoms with Gasteiger partial charge in [-0.15, -0.1) is 10.2 Å². The Hall–Kier alpha value is -3.21. The van der Waals surface area contributed by atoms with Crippen LogP contribution >= 0.6 is 0 Å². The molecule has 1 amide bonds. The largest absolute Gasteiger partial charge is 0.354 e. The second-order valence-electron chi connectivity index (χ2n) is 7.74. The van der Waals surface area contributed by atoms with Crippen LogP contribution in [-0.2, 0) is 4.79 Å². The van der Waals surface area contributed by atoms with Crippen molar-refractivity contribution in [3.8, 4) is 11.3 Å². The molecule has 1 aliphatic rings. The summed E-state index contributed by atoms with van der Waals surface area (Å²) in [5.41, 5.74) is 5.09. The van der Waals surface area contributed by atoms with E-state index in [1.165, 1.54) is 5.56 Å². The molecule has 1 fully saturated rings. The van der Waals surface area contributed by atoms with Gasteiger partial charge >= 0.3 is 0 Å². The molecule has 5 heteroatoms. The maximum absolute atomic E-state index is 12.8. The van der Waals surface area contributed by atoms with Gasteiger partial charge in [-0.05, 0) is 50.5 Å². The third-order valence-electron chi connectivity index (χ3n) is 5.48. The van der Waals surface area contributed by atoms with E-state index in [1.54, 1.807) is 0 Å². The minimum atomic E-state index is -0.0555. The third kappa shape index (κ3) is 4.45. The normalized spacial score (nSPS) is 16.5. The van der Waals surface area contributed by atoms with Crippen molar-refractivity contribution in [1.82, 2.24) is 10.2 Å². The van der Waals surface area contributed by atoms with Crippen molar-refractivity contribution in [2.24, 2.45) is 5.92 Å². The first-order valence-electron chi connectivity index (χ1n) is 10.1. The van der Waals surface area contributed by atoms with Crippen LogP contribution in [0.2, 0.25) is 0 Å². The van der Waals surface area contributed by atoms with Gasteiger partial charge in [0.15, 0.2) is 5.82 Å². The molecule has 0 spiro atoms. The standard InChI is InChI=1S/C24H26N4O/c1-17-10-11-21(18(2)15-17)25-24(29)20-9-6-14-28(16-20)23-13-12-22(26-27-23)19-7-4-3-5-8-19/h3-5,7-8,10-13,15,20H,6,9,14,16H2,1-2H3,(H,25,29). The summed E-state index contributed by atoms with van der Waals surface area (Å²) in [6.45, 7) is 5.64. The van der Waals surface area contributed by atoms with Crippen LogP contribution in [0.25, 0.3) is 11.3 Å². The van der Waals surface area contributed by atoms with Crippen molar-refractivity contribution in [3.63, 3.8) is 0 Å². The maximum Gasteiger partial charge on any atom is 0.229 e. The van der Waals surface area contributed by atoms with Gasteiger partial charge in [0, 0.05) is 24.3 Å². The first kappa shape index (κ1) is 19.1. The highest BCUT2D eigenvalue weighted by Gasteiger charge is 2.27. The van der Waals surface area contributed by atoms with Gasteiger partial charge in [0.1, 0.15) is 0 Å². The van der Waals surface area contributed by atoms with Crippen LogP contribution in [0, 0.1) is 19.8 Å². The second-order valence-corrected chi connectivity index (χ2v) is 7.74. The lowest BCUT2D eigenvalue weighted by Gasteiger charge is -2.32. The summed E-state index contributed by atoms with van der Waals surface area (Å²) in [4.78, 5) is 15.0. The molecular weight excluding hydrogens is 360 g/mol. The van der Waals surface area contributed by atoms with Gasteiger partial charge in [0.2, 0.25) is 5.91 Å². The number of aromatic nitrogens is 2. The molecule has 2 aromatic carbocycles. The average molecular weight is 386 g/mol. The van der Waals surface area contributed by atoms with Crippen LogP contribution in [0.5, 0.6) is 0 Å². The van der Waals surface area contributed by atoms with Gasteiger partial charge in [-0.3, -0.25) is 4.79 Å². The topological polar surface area (TPSA) is 58.1 Å². The molecule has 1 N–H and O–H groups in total. The Morgan fingerprint density at radius 3 is 2.59 bits per heavy atom. The minimum absolute atomic E-state index is 0.0555. The summed E-state index contributed by atoms with van der Waals surface area (Å²) in [6.07, 6.45) is 1.86. The zero-order chi connectivity index (χ0) is 20.2. The number of amides is 1. The Balaban J connectivity index is 1.43. The van der Waals surface area contributed by atoms with Crippen molar-refractivity contribution < 1.29 is 4.79 Å². The summed E-state index contributed by atoms with van der Waals surface area (Å²) in [6, 6.07) is 20.1. The van der Waals surface area contributed by atoms with Gasteiger partial charge in [-0.1, -0.05) is 48.0 Å². The zero-order valence-electron chi connectivity index (χ0n) is 16.9. The predicted molar refractivity (Wildman–Crippen MR) is 117 cm³/mol. The van der Waals surface area contributed by atoms with Crippen LogP contribution in [0.4, 0.5) is 11.5 Å². The molecule has 148 valence electrons. The SMILES string of the molecule is Cc1ccc(NC(=O)C2CCCN(c3ccc(-c4ccccc4)nn3)C2)c(C)c1. The van der Waals surface area contributed by atoms with Crippen LogP contribution in [0.15, 0.2) is 60.7 Å². The van der Waals surface area contributed by atoms with E-state index in [0.717, 1.165) is 47.7 Å². The summed E-state index contributed by atoms with van der Waals surface area (Å²) in [5.74, 6) is 0.851. The van der Waals surface area contributed by atoms with E-state index in [0.29, 0.717) is 6.54 Å². The highest BCUT2D eigenvalue weighted by Crippen LogP contribution is 2.25. The van der Waals surface area contributed by atoms with E-state index in [-0.39, 0.29) is 11.8 Å². The molecule has 29 heavy (non-hydrogen) atoms. The van der Waals surface area contributed by atoms with Crippen LogP contribution in [-0.4, -0.2) is 29.2 Å². The van der Waals surface area contributed by atoms with E-state index in [1.807, 2.05) is 61.5 Å². The molecule has 1 aromatic heterocycles. The predicted octanol–water partition coefficient (Wildman–Crippen LogP) is 4.62. The molecule has 3 aromatic rings. The molecule has 1 unspecified atom stereocenters. The lowest BCUT2D eigenvalue weighted by atomic mass is 9.96. The Bertz CT molecular complexity index is 986. The van der Waals surface area contributed by atoms with E-state index in [2.05, 4.69) is 33.4 Å². The summed E-state index contributed by atoms with van der Waals surface area (Å²) in [5, 5.41) is 11.9. The lowest BCUT2D eigenvalue weighted by Crippen LogP contribution is -2.41. The minimum Gasteiger partial charge on any atom is -0.354 e. The maximum atomic E-state index is 12.8. The fourth-order valence-electron chi connectivity index (χ4n) is 3.84. The number of aryl methyl sites for hydroxylation is 2. The van der Waals surface area contributed by atoms with Crippen LogP contribution < -0.4 is 10.2 Å². The number of hydrogen-bond acceptors (Lipinski definition) is 4. The number of anilines is 2. The smallest absolute Gasteiger partial charge is 0.229 e. The molecule has 0 aliphatic carbocycles. The Labute approximate surface area is 171 Å². The molecule has 2 heterocycles. The zero-order valence-corrected chi connectivity index (χ0v) is 16.9. The van der Waals surface area contributed by atoms with Gasteiger partial charge in [0.05, 0.1) is 11.6 Å². The number of piperidine rings is 1. The van der Waals surface area contributed by atoms with Crippen molar-refractivity contribution in [2.75, 3.05) is 23.3 Å². The third-order valence-corrected chi connectivity index (χ3v) is 5.48. The second kappa shape index (κ2) is 8.43. The summed E-state index contributed by atoms with van der Waals surface area (Å²) in [7, 11) is 0. The van der Waals surface area contributed by atoms with Gasteiger partial charge in [-0.25, -0.2) is 0 Å². The molecule has 4 rings (SSSR count). The number of nitrogens with zero attached hydrogens (tertiary/aromatic N) is 3. The number of carbonyl (C=O) groups excluding carboxylic acids is 1. The number of nitrogens with one attached hydrogen (secondary N) is 1. The summed E-state index contributed by atoms with van der Waals surface area (Å²) >= 11 is 0. The van der Waals surface area contributed by atoms with Crippen LogP contribution in [0.1, 0.15) is 24.0 Å². The van der Waals surface area contributed by atoms with Crippen molar-refractivity contribution in [3.05, 3.63) is 71.8 Å². The van der Waals surface area contributed by atoms with Gasteiger partial charge < -0.3 is 10.2 Å². The molecule has 1 aliphatic heterocycles. The van der Waals surface area contributed by atoms with Crippen molar-refractivity contribution in [2.45, 2.75) is 26.7 Å². The number of benzene rings is 2. The monoisotopic (exact) mass is 386 g/mol. The van der Waals surface area contributed by atoms with Crippen molar-refractivity contribution in [1.29, 1.82) is 0 Å². The molecule has 0 radical (unpaired) electrons. The quantitative estimate of drug-likeness (QED) is 0.711. The molecule has 0 bridgehead atoms. The molecular formula is C24H26N4O. The van der Waals surface area contributed by atoms with E-state index < -0.39 is 0 Å². The van der Waals surface area contributed by atoms with E-state index in [4.69, 9.17) is 0 Å². The van der Waals surface area contributed by atoms with Crippen molar-refractivity contribution >= 4 is 17.4 Å². The fraction of sp³-hybridized carbons (Fsp3) is 0.292. The first-order valence-corrected chi connectivity index (χ1v) is 10.1. The van der Waals surface area contributed by atoms with E-state index >= 15 is 0 Å². The van der Waals surface area contributed by atoms with Crippen LogP contribution in [0.3, 0.4) is 0 Å². The fourth-order valence-corrected chi connectivity index (χ4v) is 3.84. The first-order chi connectivity index (χ1) is 14.1. The molecule has 0 saturated carbocycles. The number of carbonyl (C=O) groups is 1. The Kier molecular flexibility index (Phi) is 5.56. The molecule has 5 nitrogen and oxygen atoms in total. The Morgan fingerprint density at radius 2 is 1.86 bits per heavy atom. The van der Waals surface area contributed by atoms with Gasteiger partial charge in [0.25, 0.3) is 0 Å². The molecule has 1 saturated heterocycles. The lowest BCUT2D eigenvalue weighted by molar-refractivity contribution is -0.120. The Morgan fingerprint density at radius 1 is 1.03 bits per heavy atom. The number of hydrogen-bond donors (Lipinski definition) is 1. The number of rotatable bonds is 4. The highest BCUT2D eigenvalue weighted by atomic mass is 16.1. The summed E-state index contributed by atoms with van der Waals surface area (Å²) < 4.78 is 0. The molecule has 1 atom stereocenters. The average Bonchev–Trinajstić information content (AvgIpc) is 2.76. The van der Waals surface area contributed by atoms with Gasteiger partial charge in [-0.2, -0.15) is 0 Å².